The highest BCUT2D eigenvalue weighted by atomic mass is 16.6. The summed E-state index contributed by atoms with van der Waals surface area (Å²) in [7, 11) is 0. The molecule has 1 aliphatic heterocycles. The normalized spacial score (nSPS) is 21.2. The van der Waals surface area contributed by atoms with Gasteiger partial charge in [-0.2, -0.15) is 0 Å². The largest absolute Gasteiger partial charge is 0.462 e. The lowest BCUT2D eigenvalue weighted by molar-refractivity contribution is -0.161. The van der Waals surface area contributed by atoms with Crippen molar-refractivity contribution in [2.75, 3.05) is 19.8 Å². The molecule has 0 aromatic rings. The van der Waals surface area contributed by atoms with Crippen LogP contribution in [0.3, 0.4) is 0 Å². The van der Waals surface area contributed by atoms with Crippen molar-refractivity contribution >= 4 is 17.8 Å². The van der Waals surface area contributed by atoms with E-state index in [0.29, 0.717) is 13.0 Å². The molecule has 0 aliphatic carbocycles. The average Bonchev–Trinajstić information content (AvgIpc) is 2.41. The number of ether oxygens (including phenoxy) is 2. The maximum atomic E-state index is 11.8. The van der Waals surface area contributed by atoms with Gasteiger partial charge in [0.05, 0.1) is 12.5 Å². The first-order chi connectivity index (χ1) is 9.54. The lowest BCUT2D eigenvalue weighted by Crippen LogP contribution is -2.50. The van der Waals surface area contributed by atoms with E-state index in [1.54, 1.807) is 0 Å². The Hall–Kier alpha value is -1.67. The lowest BCUT2D eigenvalue weighted by Gasteiger charge is -2.21. The fourth-order valence-electron chi connectivity index (χ4n) is 1.74. The van der Waals surface area contributed by atoms with Crippen molar-refractivity contribution in [1.29, 1.82) is 0 Å². The van der Waals surface area contributed by atoms with Crippen LogP contribution in [0.2, 0.25) is 0 Å². The Bertz CT molecular complexity index is 361. The van der Waals surface area contributed by atoms with Crippen molar-refractivity contribution in [1.82, 2.24) is 5.32 Å². The quantitative estimate of drug-likeness (QED) is 0.396. The number of amides is 1. The standard InChI is InChI=1S/C12H21N3O5/c13-4-2-1-3-8(14)11(17)15-9-7-10(16)19-5-6-20-12(9)18/h8-9H,1-7,13-14H2,(H,15,17)/t8-,9-/m0/s1. The van der Waals surface area contributed by atoms with E-state index < -0.39 is 29.9 Å². The van der Waals surface area contributed by atoms with Crippen LogP contribution in [0.25, 0.3) is 0 Å². The minimum absolute atomic E-state index is 0.0144. The van der Waals surface area contributed by atoms with Crippen molar-refractivity contribution in [3.8, 4) is 0 Å². The summed E-state index contributed by atoms with van der Waals surface area (Å²) in [5.74, 6) is -1.69. The second kappa shape index (κ2) is 8.49. The number of hydrogen-bond donors (Lipinski definition) is 3. The molecule has 0 aromatic carbocycles. The molecule has 0 unspecified atom stereocenters. The number of nitrogens with one attached hydrogen (secondary N) is 1. The number of unbranched alkanes of at least 4 members (excludes halogenated alkanes) is 1. The number of nitrogens with two attached hydrogens (primary N) is 2. The van der Waals surface area contributed by atoms with Gasteiger partial charge in [-0.25, -0.2) is 4.79 Å². The molecular formula is C12H21N3O5. The van der Waals surface area contributed by atoms with Crippen LogP contribution in [0.5, 0.6) is 0 Å². The summed E-state index contributed by atoms with van der Waals surface area (Å²) in [5, 5.41) is 2.42. The Kier molecular flexibility index (Phi) is 6.96. The van der Waals surface area contributed by atoms with Gasteiger partial charge in [-0.1, -0.05) is 6.42 Å². The molecule has 0 aromatic heterocycles. The van der Waals surface area contributed by atoms with Crippen LogP contribution in [-0.4, -0.2) is 49.7 Å². The Morgan fingerprint density at radius 2 is 2.00 bits per heavy atom. The summed E-state index contributed by atoms with van der Waals surface area (Å²) >= 11 is 0. The molecule has 1 rings (SSSR count). The molecule has 1 fully saturated rings. The van der Waals surface area contributed by atoms with Crippen LogP contribution in [0.4, 0.5) is 0 Å². The first-order valence-corrected chi connectivity index (χ1v) is 6.63. The van der Waals surface area contributed by atoms with Crippen LogP contribution in [0, 0.1) is 0 Å². The zero-order chi connectivity index (χ0) is 15.0. The first-order valence-electron chi connectivity index (χ1n) is 6.63. The van der Waals surface area contributed by atoms with Crippen LogP contribution in [0.15, 0.2) is 0 Å². The van der Waals surface area contributed by atoms with Crippen molar-refractivity contribution in [3.63, 3.8) is 0 Å². The third-order valence-electron chi connectivity index (χ3n) is 2.87. The monoisotopic (exact) mass is 287 g/mol. The Morgan fingerprint density at radius 1 is 1.30 bits per heavy atom. The molecule has 1 saturated heterocycles. The van der Waals surface area contributed by atoms with E-state index >= 15 is 0 Å². The third kappa shape index (κ3) is 5.54. The maximum absolute atomic E-state index is 11.8. The molecule has 0 spiro atoms. The van der Waals surface area contributed by atoms with Gasteiger partial charge in [0.1, 0.15) is 19.3 Å². The molecule has 1 heterocycles. The predicted molar refractivity (Wildman–Crippen MR) is 69.3 cm³/mol. The van der Waals surface area contributed by atoms with E-state index in [-0.39, 0.29) is 19.6 Å². The van der Waals surface area contributed by atoms with Crippen LogP contribution in [-0.2, 0) is 23.9 Å². The van der Waals surface area contributed by atoms with Crippen molar-refractivity contribution in [3.05, 3.63) is 0 Å². The van der Waals surface area contributed by atoms with Gasteiger partial charge in [0.25, 0.3) is 0 Å². The van der Waals surface area contributed by atoms with Gasteiger partial charge in [-0.15, -0.1) is 0 Å². The Balaban J connectivity index is 2.48. The van der Waals surface area contributed by atoms with Crippen LogP contribution < -0.4 is 16.8 Å². The highest BCUT2D eigenvalue weighted by Crippen LogP contribution is 2.04. The zero-order valence-corrected chi connectivity index (χ0v) is 11.3. The fraction of sp³-hybridized carbons (Fsp3) is 0.750. The highest BCUT2D eigenvalue weighted by Gasteiger charge is 2.29. The number of hydrogen-bond acceptors (Lipinski definition) is 7. The number of rotatable bonds is 6. The molecular weight excluding hydrogens is 266 g/mol. The van der Waals surface area contributed by atoms with Crippen molar-refractivity contribution in [2.45, 2.75) is 37.8 Å². The topological polar surface area (TPSA) is 134 Å². The van der Waals surface area contributed by atoms with Gasteiger partial charge in [0, 0.05) is 0 Å². The van der Waals surface area contributed by atoms with E-state index in [1.807, 2.05) is 0 Å². The van der Waals surface area contributed by atoms with E-state index in [2.05, 4.69) is 5.32 Å². The first kappa shape index (κ1) is 16.4. The number of carbonyl (C=O) groups excluding carboxylic acids is 3. The second-order valence-corrected chi connectivity index (χ2v) is 4.54. The molecule has 0 saturated carbocycles. The maximum Gasteiger partial charge on any atom is 0.329 e. The molecule has 0 bridgehead atoms. The number of esters is 2. The van der Waals surface area contributed by atoms with Crippen LogP contribution >= 0.6 is 0 Å². The van der Waals surface area contributed by atoms with E-state index in [9.17, 15) is 14.4 Å². The van der Waals surface area contributed by atoms with Gasteiger partial charge >= 0.3 is 11.9 Å². The minimum Gasteiger partial charge on any atom is -0.462 e. The third-order valence-corrected chi connectivity index (χ3v) is 2.87. The minimum atomic E-state index is -1.05. The zero-order valence-electron chi connectivity index (χ0n) is 11.3. The number of cyclic esters (lactones) is 2. The molecule has 1 aliphatic rings. The van der Waals surface area contributed by atoms with E-state index in [1.165, 1.54) is 0 Å². The summed E-state index contributed by atoms with van der Waals surface area (Å²) in [6, 6.07) is -1.79. The SMILES string of the molecule is NCCCC[C@H](N)C(=O)N[C@H]1CC(=O)OCCOC1=O. The van der Waals surface area contributed by atoms with Gasteiger partial charge in [-0.3, -0.25) is 9.59 Å². The summed E-state index contributed by atoms with van der Waals surface area (Å²) in [6.07, 6.45) is 1.72. The molecule has 1 amide bonds. The van der Waals surface area contributed by atoms with Gasteiger partial charge < -0.3 is 26.3 Å². The summed E-state index contributed by atoms with van der Waals surface area (Å²) in [6.45, 7) is 0.554. The molecule has 20 heavy (non-hydrogen) atoms. The van der Waals surface area contributed by atoms with E-state index in [0.717, 1.165) is 12.8 Å². The van der Waals surface area contributed by atoms with E-state index in [4.69, 9.17) is 20.9 Å². The van der Waals surface area contributed by atoms with Gasteiger partial charge in [0.15, 0.2) is 0 Å². The fourth-order valence-corrected chi connectivity index (χ4v) is 1.74. The molecule has 8 nitrogen and oxygen atoms in total. The predicted octanol–water partition coefficient (Wildman–Crippen LogP) is -1.58. The highest BCUT2D eigenvalue weighted by molar-refractivity contribution is 5.90. The van der Waals surface area contributed by atoms with Crippen LogP contribution in [0.1, 0.15) is 25.7 Å². The number of carbonyl (C=O) groups is 3. The smallest absolute Gasteiger partial charge is 0.329 e. The molecule has 2 atom stereocenters. The summed E-state index contributed by atoms with van der Waals surface area (Å²) in [5.41, 5.74) is 11.1. The average molecular weight is 287 g/mol. The van der Waals surface area contributed by atoms with Gasteiger partial charge in [-0.05, 0) is 19.4 Å². The van der Waals surface area contributed by atoms with Crippen molar-refractivity contribution < 1.29 is 23.9 Å². The Morgan fingerprint density at radius 3 is 2.70 bits per heavy atom. The summed E-state index contributed by atoms with van der Waals surface area (Å²) in [4.78, 5) is 34.8. The molecule has 8 heteroatoms. The second-order valence-electron chi connectivity index (χ2n) is 4.54. The molecule has 5 N–H and O–H groups in total. The Labute approximate surface area is 117 Å². The molecule has 0 radical (unpaired) electrons. The summed E-state index contributed by atoms with van der Waals surface area (Å²) < 4.78 is 9.61. The lowest BCUT2D eigenvalue weighted by atomic mass is 10.1. The van der Waals surface area contributed by atoms with Gasteiger partial charge in [0.2, 0.25) is 5.91 Å². The van der Waals surface area contributed by atoms with Crippen molar-refractivity contribution in [2.24, 2.45) is 11.5 Å². The molecule has 114 valence electrons.